The first-order valence-corrected chi connectivity index (χ1v) is 10.3. The second-order valence-electron chi connectivity index (χ2n) is 7.01. The zero-order valence-electron chi connectivity index (χ0n) is 14.6. The molecule has 1 unspecified atom stereocenters. The molecule has 4 aromatic rings. The van der Waals surface area contributed by atoms with Crippen LogP contribution in [0.15, 0.2) is 94.7 Å². The van der Waals surface area contributed by atoms with Crippen LogP contribution >= 0.6 is 10.5 Å². The molecule has 2 N–H and O–H groups in total. The first kappa shape index (κ1) is 15.0. The van der Waals surface area contributed by atoms with Crippen LogP contribution in [0.2, 0.25) is 0 Å². The number of allylic oxidation sites excluding steroid dienone is 1. The van der Waals surface area contributed by atoms with Gasteiger partial charge in [-0.1, -0.05) is 72.8 Å². The molecular formula is C25H17NS. The predicted molar refractivity (Wildman–Crippen MR) is 118 cm³/mol. The van der Waals surface area contributed by atoms with Crippen LogP contribution in [0.5, 0.6) is 0 Å². The van der Waals surface area contributed by atoms with Crippen LogP contribution in [0.3, 0.4) is 0 Å². The third kappa shape index (κ3) is 2.05. The SMILES string of the molecule is Nc1ccc(-c2cccc3c2S2=C3C=Cc3ccc4ccccc4c32)cc1. The fraction of sp³-hybridized carbons (Fsp3) is 0. The summed E-state index contributed by atoms with van der Waals surface area (Å²) in [6.45, 7) is 0. The summed E-state index contributed by atoms with van der Waals surface area (Å²) in [4.78, 5) is 4.41. The van der Waals surface area contributed by atoms with Crippen molar-refractivity contribution < 1.29 is 0 Å². The second-order valence-corrected chi connectivity index (χ2v) is 8.88. The van der Waals surface area contributed by atoms with Gasteiger partial charge < -0.3 is 5.73 Å². The van der Waals surface area contributed by atoms with Gasteiger partial charge in [-0.15, -0.1) is 10.5 Å². The molecule has 0 saturated heterocycles. The Hall–Kier alpha value is -3.10. The summed E-state index contributed by atoms with van der Waals surface area (Å²) >= 11 is 0. The van der Waals surface area contributed by atoms with Crippen LogP contribution in [-0.2, 0) is 0 Å². The van der Waals surface area contributed by atoms with Crippen molar-refractivity contribution in [3.05, 3.63) is 96.1 Å². The maximum absolute atomic E-state index is 5.91. The van der Waals surface area contributed by atoms with Gasteiger partial charge in [0.1, 0.15) is 0 Å². The lowest BCUT2D eigenvalue weighted by Crippen LogP contribution is -2.15. The highest BCUT2D eigenvalue weighted by atomic mass is 32.2. The number of nitrogen functional groups attached to an aromatic ring is 1. The molecule has 1 atom stereocenters. The number of fused-ring (bicyclic) bond motifs is 7. The molecule has 0 bridgehead atoms. The van der Waals surface area contributed by atoms with E-state index in [9.17, 15) is 0 Å². The predicted octanol–water partition coefficient (Wildman–Crippen LogP) is 6.34. The summed E-state index contributed by atoms with van der Waals surface area (Å²) in [6.07, 6.45) is 4.59. The standard InChI is InChI=1S/C25H17NS/c26-19-13-10-17(11-14-19)21-6-3-7-22-23-15-12-18-9-8-16-4-1-2-5-20(16)24(18)27(23)25(21)22/h1-15H,26H2. The van der Waals surface area contributed by atoms with E-state index >= 15 is 0 Å². The van der Waals surface area contributed by atoms with Crippen LogP contribution in [0, 0.1) is 0 Å². The molecule has 1 nitrogen and oxygen atoms in total. The minimum absolute atomic E-state index is 0.00237. The van der Waals surface area contributed by atoms with Crippen molar-refractivity contribution in [1.82, 2.24) is 0 Å². The van der Waals surface area contributed by atoms with Gasteiger partial charge in [0.25, 0.3) is 0 Å². The van der Waals surface area contributed by atoms with E-state index in [0.717, 1.165) is 5.69 Å². The molecular weight excluding hydrogens is 346 g/mol. The summed E-state index contributed by atoms with van der Waals surface area (Å²) in [5.41, 5.74) is 12.0. The number of hydrogen-bond acceptors (Lipinski definition) is 1. The van der Waals surface area contributed by atoms with Gasteiger partial charge in [-0.3, -0.25) is 0 Å². The molecule has 6 rings (SSSR count). The molecule has 27 heavy (non-hydrogen) atoms. The Morgan fingerprint density at radius 1 is 0.630 bits per heavy atom. The number of nitrogens with two attached hydrogens (primary N) is 1. The number of rotatable bonds is 1. The van der Waals surface area contributed by atoms with Gasteiger partial charge >= 0.3 is 0 Å². The van der Waals surface area contributed by atoms with E-state index in [1.54, 1.807) is 0 Å². The lowest BCUT2D eigenvalue weighted by atomic mass is 9.99. The monoisotopic (exact) mass is 363 g/mol. The van der Waals surface area contributed by atoms with E-state index in [-0.39, 0.29) is 10.5 Å². The second kappa shape index (κ2) is 5.45. The van der Waals surface area contributed by atoms with Gasteiger partial charge in [0, 0.05) is 25.9 Å². The maximum Gasteiger partial charge on any atom is 0.0314 e. The molecule has 128 valence electrons. The summed E-state index contributed by atoms with van der Waals surface area (Å²) in [6, 6.07) is 28.2. The first-order valence-electron chi connectivity index (χ1n) is 9.12. The summed E-state index contributed by atoms with van der Waals surface area (Å²) in [7, 11) is 0.00237. The molecule has 2 aliphatic heterocycles. The molecule has 0 spiro atoms. The van der Waals surface area contributed by atoms with E-state index in [4.69, 9.17) is 5.73 Å². The fourth-order valence-electron chi connectivity index (χ4n) is 4.17. The molecule has 0 aliphatic carbocycles. The van der Waals surface area contributed by atoms with Gasteiger partial charge in [0.2, 0.25) is 0 Å². The van der Waals surface area contributed by atoms with Gasteiger partial charge in [0.15, 0.2) is 0 Å². The molecule has 4 aromatic carbocycles. The highest BCUT2D eigenvalue weighted by Crippen LogP contribution is 2.57. The Balaban J connectivity index is 1.64. The van der Waals surface area contributed by atoms with Crippen molar-refractivity contribution in [3.8, 4) is 11.1 Å². The highest BCUT2D eigenvalue weighted by molar-refractivity contribution is 8.18. The van der Waals surface area contributed by atoms with Crippen LogP contribution in [0.25, 0.3) is 28.0 Å². The normalized spacial score (nSPS) is 16.4. The molecule has 2 heteroatoms. The molecule has 0 fully saturated rings. The quantitative estimate of drug-likeness (QED) is 0.310. The highest BCUT2D eigenvalue weighted by Gasteiger charge is 2.31. The third-order valence-corrected chi connectivity index (χ3v) is 7.96. The van der Waals surface area contributed by atoms with Gasteiger partial charge in [-0.2, -0.15) is 0 Å². The Morgan fingerprint density at radius 2 is 1.44 bits per heavy atom. The largest absolute Gasteiger partial charge is 0.399 e. The topological polar surface area (TPSA) is 26.0 Å². The van der Waals surface area contributed by atoms with Crippen molar-refractivity contribution in [2.75, 3.05) is 5.73 Å². The fourth-order valence-corrected chi connectivity index (χ4v) is 6.84. The first-order chi connectivity index (χ1) is 13.3. The van der Waals surface area contributed by atoms with Crippen molar-refractivity contribution in [2.24, 2.45) is 0 Å². The third-order valence-electron chi connectivity index (χ3n) is 5.45. The molecule has 2 heterocycles. The molecule has 0 amide bonds. The number of hydrogen-bond donors (Lipinski definition) is 1. The summed E-state index contributed by atoms with van der Waals surface area (Å²) < 4.78 is 0. The van der Waals surface area contributed by atoms with Crippen LogP contribution in [0.1, 0.15) is 11.1 Å². The number of benzene rings is 4. The summed E-state index contributed by atoms with van der Waals surface area (Å²) in [5.74, 6) is 0. The van der Waals surface area contributed by atoms with Gasteiger partial charge in [0.05, 0.1) is 0 Å². The van der Waals surface area contributed by atoms with E-state index in [1.165, 1.54) is 47.7 Å². The van der Waals surface area contributed by atoms with Crippen LogP contribution in [-0.4, -0.2) is 4.86 Å². The smallest absolute Gasteiger partial charge is 0.0314 e. The van der Waals surface area contributed by atoms with Crippen LogP contribution < -0.4 is 5.73 Å². The van der Waals surface area contributed by atoms with Gasteiger partial charge in [-0.25, -0.2) is 0 Å². The van der Waals surface area contributed by atoms with Crippen molar-refractivity contribution in [1.29, 1.82) is 0 Å². The maximum atomic E-state index is 5.91. The zero-order valence-corrected chi connectivity index (χ0v) is 15.5. The van der Waals surface area contributed by atoms with E-state index < -0.39 is 0 Å². The lowest BCUT2D eigenvalue weighted by molar-refractivity contribution is 1.36. The average Bonchev–Trinajstić information content (AvgIpc) is 2.71. The van der Waals surface area contributed by atoms with Crippen molar-refractivity contribution in [3.63, 3.8) is 0 Å². The Kier molecular flexibility index (Phi) is 3.03. The van der Waals surface area contributed by atoms with Crippen LogP contribution in [0.4, 0.5) is 5.69 Å². The Labute approximate surface area is 160 Å². The van der Waals surface area contributed by atoms with E-state index in [1.807, 2.05) is 12.1 Å². The van der Waals surface area contributed by atoms with E-state index in [0.29, 0.717) is 0 Å². The van der Waals surface area contributed by atoms with Gasteiger partial charge in [-0.05, 0) is 45.7 Å². The zero-order chi connectivity index (χ0) is 18.0. The Morgan fingerprint density at radius 3 is 2.33 bits per heavy atom. The van der Waals surface area contributed by atoms with Crippen molar-refractivity contribution in [2.45, 2.75) is 9.79 Å². The lowest BCUT2D eigenvalue weighted by Gasteiger charge is -2.34. The van der Waals surface area contributed by atoms with E-state index in [2.05, 4.69) is 78.9 Å². The minimum Gasteiger partial charge on any atom is -0.399 e. The molecule has 0 aromatic heterocycles. The summed E-state index contributed by atoms with van der Waals surface area (Å²) in [5, 5.41) is 2.69. The average molecular weight is 363 g/mol. The number of anilines is 1. The minimum atomic E-state index is 0.00237. The molecule has 2 aliphatic rings. The molecule has 0 saturated carbocycles. The molecule has 0 radical (unpaired) electrons. The van der Waals surface area contributed by atoms with Crippen molar-refractivity contribution >= 4 is 37.9 Å². The Bertz CT molecular complexity index is 1310.